The fourth-order valence-electron chi connectivity index (χ4n) is 1.52. The van der Waals surface area contributed by atoms with E-state index < -0.39 is 5.91 Å². The van der Waals surface area contributed by atoms with Gasteiger partial charge < -0.3 is 16.2 Å². The molecule has 0 saturated carbocycles. The number of benzene rings is 2. The van der Waals surface area contributed by atoms with Crippen LogP contribution in [0.2, 0.25) is 5.02 Å². The van der Waals surface area contributed by atoms with E-state index in [9.17, 15) is 9.90 Å². The number of carbonyl (C=O) groups is 1. The van der Waals surface area contributed by atoms with Gasteiger partial charge in [0.1, 0.15) is 0 Å². The maximum absolute atomic E-state index is 12.0. The van der Waals surface area contributed by atoms with Gasteiger partial charge in [-0.2, -0.15) is 0 Å². The molecule has 0 heterocycles. The van der Waals surface area contributed by atoms with Gasteiger partial charge in [0.15, 0.2) is 5.75 Å². The molecule has 0 aliphatic carbocycles. The van der Waals surface area contributed by atoms with Crippen molar-refractivity contribution in [2.45, 2.75) is 0 Å². The smallest absolute Gasteiger partial charge is 0.259 e. The Kier molecular flexibility index (Phi) is 3.97. The molecule has 0 spiro atoms. The Hall–Kier alpha value is -1.72. The fraction of sp³-hybridized carbons (Fsp3) is 0. The number of halogens is 2. The summed E-state index contributed by atoms with van der Waals surface area (Å²) in [4.78, 5) is 12.0. The van der Waals surface area contributed by atoms with Crippen LogP contribution in [0.4, 0.5) is 11.4 Å². The summed E-state index contributed by atoms with van der Waals surface area (Å²) in [6.45, 7) is 0. The average molecular weight is 342 g/mol. The molecule has 98 valence electrons. The summed E-state index contributed by atoms with van der Waals surface area (Å²) in [6, 6.07) is 9.61. The monoisotopic (exact) mass is 340 g/mol. The molecule has 0 aromatic heterocycles. The van der Waals surface area contributed by atoms with Gasteiger partial charge in [0.2, 0.25) is 0 Å². The van der Waals surface area contributed by atoms with E-state index in [1.165, 1.54) is 12.1 Å². The summed E-state index contributed by atoms with van der Waals surface area (Å²) >= 11 is 9.19. The van der Waals surface area contributed by atoms with E-state index in [0.29, 0.717) is 10.7 Å². The third-order valence-corrected chi connectivity index (χ3v) is 3.72. The second kappa shape index (κ2) is 5.50. The van der Waals surface area contributed by atoms with Crippen molar-refractivity contribution in [3.8, 4) is 5.75 Å². The zero-order valence-corrected chi connectivity index (χ0v) is 12.0. The van der Waals surface area contributed by atoms with Crippen molar-refractivity contribution in [3.05, 3.63) is 51.5 Å². The van der Waals surface area contributed by atoms with Crippen molar-refractivity contribution < 1.29 is 9.90 Å². The van der Waals surface area contributed by atoms with Crippen LogP contribution in [0.3, 0.4) is 0 Å². The van der Waals surface area contributed by atoms with E-state index in [4.69, 9.17) is 17.3 Å². The SMILES string of the molecule is Nc1cccc(C(=O)Nc2ccc(Br)c(Cl)c2)c1O. The Bertz CT molecular complexity index is 647. The highest BCUT2D eigenvalue weighted by molar-refractivity contribution is 9.10. The van der Waals surface area contributed by atoms with Crippen LogP contribution >= 0.6 is 27.5 Å². The van der Waals surface area contributed by atoms with Gasteiger partial charge in [0.05, 0.1) is 16.3 Å². The summed E-state index contributed by atoms with van der Waals surface area (Å²) in [5.41, 5.74) is 6.33. The van der Waals surface area contributed by atoms with Gasteiger partial charge in [-0.15, -0.1) is 0 Å². The topological polar surface area (TPSA) is 75.4 Å². The number of carbonyl (C=O) groups excluding carboxylic acids is 1. The molecule has 6 heteroatoms. The van der Waals surface area contributed by atoms with E-state index in [1.807, 2.05) is 0 Å². The maximum Gasteiger partial charge on any atom is 0.259 e. The van der Waals surface area contributed by atoms with Crippen LogP contribution in [-0.2, 0) is 0 Å². The number of para-hydroxylation sites is 1. The molecule has 0 aliphatic heterocycles. The first kappa shape index (κ1) is 13.7. The molecule has 2 aromatic rings. The van der Waals surface area contributed by atoms with E-state index in [-0.39, 0.29) is 17.0 Å². The zero-order valence-electron chi connectivity index (χ0n) is 9.65. The number of amides is 1. The lowest BCUT2D eigenvalue weighted by Crippen LogP contribution is -2.12. The highest BCUT2D eigenvalue weighted by Crippen LogP contribution is 2.28. The Balaban J connectivity index is 2.26. The molecule has 4 N–H and O–H groups in total. The number of aromatic hydroxyl groups is 1. The lowest BCUT2D eigenvalue weighted by molar-refractivity contribution is 0.102. The summed E-state index contributed by atoms with van der Waals surface area (Å²) in [5, 5.41) is 12.8. The second-order valence-corrected chi connectivity index (χ2v) is 5.09. The predicted molar refractivity (Wildman–Crippen MR) is 79.6 cm³/mol. The third-order valence-electron chi connectivity index (χ3n) is 2.49. The number of hydrogen-bond acceptors (Lipinski definition) is 3. The Morgan fingerprint density at radius 1 is 1.32 bits per heavy atom. The number of nitrogen functional groups attached to an aromatic ring is 1. The average Bonchev–Trinajstić information content (AvgIpc) is 2.37. The molecule has 0 saturated heterocycles. The summed E-state index contributed by atoms with van der Waals surface area (Å²) < 4.78 is 0.735. The molecule has 0 atom stereocenters. The van der Waals surface area contributed by atoms with Crippen molar-refractivity contribution in [2.24, 2.45) is 0 Å². The first-order valence-electron chi connectivity index (χ1n) is 5.33. The molecule has 4 nitrogen and oxygen atoms in total. The summed E-state index contributed by atoms with van der Waals surface area (Å²) in [5.74, 6) is -0.689. The zero-order chi connectivity index (χ0) is 14.0. The first-order chi connectivity index (χ1) is 8.99. The quantitative estimate of drug-likeness (QED) is 0.576. The minimum absolute atomic E-state index is 0.110. The normalized spacial score (nSPS) is 10.2. The lowest BCUT2D eigenvalue weighted by Gasteiger charge is -2.09. The minimum Gasteiger partial charge on any atom is -0.505 e. The van der Waals surface area contributed by atoms with Crippen molar-refractivity contribution in [1.29, 1.82) is 0 Å². The predicted octanol–water partition coefficient (Wildman–Crippen LogP) is 3.64. The Morgan fingerprint density at radius 2 is 2.05 bits per heavy atom. The van der Waals surface area contributed by atoms with E-state index >= 15 is 0 Å². The van der Waals surface area contributed by atoms with Gasteiger partial charge >= 0.3 is 0 Å². The standard InChI is InChI=1S/C13H10BrClN2O2/c14-9-5-4-7(6-10(9)15)17-13(19)8-2-1-3-11(16)12(8)18/h1-6,18H,16H2,(H,17,19). The van der Waals surface area contributed by atoms with E-state index in [2.05, 4.69) is 21.2 Å². The summed E-state index contributed by atoms with van der Waals surface area (Å²) in [6.07, 6.45) is 0. The molecule has 19 heavy (non-hydrogen) atoms. The van der Waals surface area contributed by atoms with Crippen LogP contribution in [0.1, 0.15) is 10.4 Å². The van der Waals surface area contributed by atoms with Gasteiger partial charge in [-0.25, -0.2) is 0 Å². The van der Waals surface area contributed by atoms with Crippen molar-refractivity contribution in [3.63, 3.8) is 0 Å². The highest BCUT2D eigenvalue weighted by atomic mass is 79.9. The first-order valence-corrected chi connectivity index (χ1v) is 6.50. The van der Waals surface area contributed by atoms with Crippen LogP contribution in [0.5, 0.6) is 5.75 Å². The van der Waals surface area contributed by atoms with Crippen LogP contribution in [0.25, 0.3) is 0 Å². The number of phenolic OH excluding ortho intramolecular Hbond substituents is 1. The number of nitrogens with two attached hydrogens (primary N) is 1. The maximum atomic E-state index is 12.0. The van der Waals surface area contributed by atoms with Crippen LogP contribution in [0, 0.1) is 0 Å². The van der Waals surface area contributed by atoms with Crippen LogP contribution < -0.4 is 11.1 Å². The Labute approximate surface area is 123 Å². The van der Waals surface area contributed by atoms with E-state index in [0.717, 1.165) is 4.47 Å². The molecule has 0 unspecified atom stereocenters. The highest BCUT2D eigenvalue weighted by Gasteiger charge is 2.13. The lowest BCUT2D eigenvalue weighted by atomic mass is 10.1. The van der Waals surface area contributed by atoms with Gasteiger partial charge in [-0.05, 0) is 46.3 Å². The number of anilines is 2. The van der Waals surface area contributed by atoms with Gasteiger partial charge in [-0.1, -0.05) is 17.7 Å². The van der Waals surface area contributed by atoms with Gasteiger partial charge in [0, 0.05) is 10.2 Å². The number of nitrogens with one attached hydrogen (secondary N) is 1. The second-order valence-electron chi connectivity index (χ2n) is 3.83. The summed E-state index contributed by atoms with van der Waals surface area (Å²) in [7, 11) is 0. The molecule has 2 rings (SSSR count). The van der Waals surface area contributed by atoms with E-state index in [1.54, 1.807) is 24.3 Å². The number of phenols is 1. The molecule has 1 amide bonds. The molecular formula is C13H10BrClN2O2. The number of hydrogen-bond donors (Lipinski definition) is 3. The van der Waals surface area contributed by atoms with Crippen LogP contribution in [0.15, 0.2) is 40.9 Å². The molecular weight excluding hydrogens is 332 g/mol. The fourth-order valence-corrected chi connectivity index (χ4v) is 1.94. The molecule has 0 fully saturated rings. The van der Waals surface area contributed by atoms with Crippen molar-refractivity contribution in [2.75, 3.05) is 11.1 Å². The number of rotatable bonds is 2. The third kappa shape index (κ3) is 3.00. The van der Waals surface area contributed by atoms with Crippen molar-refractivity contribution >= 4 is 44.8 Å². The Morgan fingerprint density at radius 3 is 2.74 bits per heavy atom. The minimum atomic E-state index is -0.455. The molecule has 0 aliphatic rings. The van der Waals surface area contributed by atoms with Crippen LogP contribution in [-0.4, -0.2) is 11.0 Å². The van der Waals surface area contributed by atoms with Crippen molar-refractivity contribution in [1.82, 2.24) is 0 Å². The van der Waals surface area contributed by atoms with Gasteiger partial charge in [-0.3, -0.25) is 4.79 Å². The largest absolute Gasteiger partial charge is 0.505 e. The molecule has 0 radical (unpaired) electrons. The van der Waals surface area contributed by atoms with Gasteiger partial charge in [0.25, 0.3) is 5.91 Å². The molecule has 0 bridgehead atoms. The molecule has 2 aromatic carbocycles.